The summed E-state index contributed by atoms with van der Waals surface area (Å²) in [5.74, 6) is -0.576. The number of aliphatic hydroxyl groups is 1. The normalized spacial score (nSPS) is 15.8. The fourth-order valence-electron chi connectivity index (χ4n) is 1.39. The highest BCUT2D eigenvalue weighted by Crippen LogP contribution is 2.34. The zero-order valence-electron chi connectivity index (χ0n) is 11.7. The van der Waals surface area contributed by atoms with Gasteiger partial charge in [-0.05, 0) is 47.0 Å². The van der Waals surface area contributed by atoms with Gasteiger partial charge in [0.05, 0.1) is 0 Å². The molecule has 0 aliphatic rings. The van der Waals surface area contributed by atoms with Crippen LogP contribution in [0.4, 0.5) is 13.2 Å². The molecule has 0 rings (SSSR count). The van der Waals surface area contributed by atoms with Crippen LogP contribution in [0.1, 0.15) is 47.0 Å². The van der Waals surface area contributed by atoms with Gasteiger partial charge in [-0.25, -0.2) is 4.79 Å². The Morgan fingerprint density at radius 1 is 1.21 bits per heavy atom. The lowest BCUT2D eigenvalue weighted by Gasteiger charge is -2.29. The summed E-state index contributed by atoms with van der Waals surface area (Å²) in [4.78, 5) is 11.3. The van der Waals surface area contributed by atoms with Gasteiger partial charge in [-0.1, -0.05) is 6.58 Å². The first-order valence-electron chi connectivity index (χ1n) is 5.96. The zero-order chi connectivity index (χ0) is 15.5. The summed E-state index contributed by atoms with van der Waals surface area (Å²) in [5.41, 5.74) is -3.38. The van der Waals surface area contributed by atoms with Crippen LogP contribution in [0.5, 0.6) is 0 Å². The van der Waals surface area contributed by atoms with E-state index >= 15 is 0 Å². The average Bonchev–Trinajstić information content (AvgIpc) is 2.13. The summed E-state index contributed by atoms with van der Waals surface area (Å²) in [6.07, 6.45) is -4.79. The van der Waals surface area contributed by atoms with Crippen molar-refractivity contribution >= 4 is 5.97 Å². The number of hydrogen-bond acceptors (Lipinski definition) is 3. The summed E-state index contributed by atoms with van der Waals surface area (Å²) in [6, 6.07) is 0. The molecule has 1 N–H and O–H groups in total. The largest absolute Gasteiger partial charge is 0.456 e. The third-order valence-electron chi connectivity index (χ3n) is 2.77. The molecule has 19 heavy (non-hydrogen) atoms. The Hall–Kier alpha value is -1.04. The van der Waals surface area contributed by atoms with Crippen LogP contribution < -0.4 is 0 Å². The van der Waals surface area contributed by atoms with Crippen LogP contribution in [0.15, 0.2) is 12.2 Å². The molecule has 0 aliphatic heterocycles. The minimum absolute atomic E-state index is 0.0863. The van der Waals surface area contributed by atoms with Crippen molar-refractivity contribution in [3.63, 3.8) is 0 Å². The molecule has 0 saturated heterocycles. The number of carbonyl (C=O) groups is 1. The van der Waals surface area contributed by atoms with E-state index in [1.165, 1.54) is 6.92 Å². The fourth-order valence-corrected chi connectivity index (χ4v) is 1.39. The molecule has 0 heterocycles. The minimum atomic E-state index is -4.66. The van der Waals surface area contributed by atoms with Gasteiger partial charge in [0.1, 0.15) is 5.60 Å². The van der Waals surface area contributed by atoms with Crippen molar-refractivity contribution in [2.24, 2.45) is 0 Å². The summed E-state index contributed by atoms with van der Waals surface area (Å²) in [6.45, 7) is 8.87. The molecule has 0 bridgehead atoms. The average molecular weight is 282 g/mol. The fraction of sp³-hybridized carbons (Fsp3) is 0.769. The van der Waals surface area contributed by atoms with Crippen molar-refractivity contribution in [2.45, 2.75) is 64.3 Å². The van der Waals surface area contributed by atoms with Gasteiger partial charge in [-0.15, -0.1) is 0 Å². The molecular weight excluding hydrogens is 261 g/mol. The lowest BCUT2D eigenvalue weighted by Crippen LogP contribution is -2.42. The maximum atomic E-state index is 12.4. The van der Waals surface area contributed by atoms with Gasteiger partial charge in [0.15, 0.2) is 5.60 Å². The SMILES string of the molecule is C=C(C)C(=O)OC(C)(C)CCCC(C)(O)C(F)(F)F. The molecule has 6 heteroatoms. The van der Waals surface area contributed by atoms with E-state index in [0.29, 0.717) is 0 Å². The first-order valence-corrected chi connectivity index (χ1v) is 5.96. The molecule has 0 aromatic carbocycles. The van der Waals surface area contributed by atoms with Crippen molar-refractivity contribution in [3.05, 3.63) is 12.2 Å². The minimum Gasteiger partial charge on any atom is -0.456 e. The highest BCUT2D eigenvalue weighted by Gasteiger charge is 2.49. The van der Waals surface area contributed by atoms with E-state index in [0.717, 1.165) is 6.92 Å². The van der Waals surface area contributed by atoms with E-state index in [-0.39, 0.29) is 18.4 Å². The molecule has 1 unspecified atom stereocenters. The Labute approximate surface area is 111 Å². The molecular formula is C13H21F3O3. The molecule has 0 fully saturated rings. The molecule has 0 saturated carbocycles. The van der Waals surface area contributed by atoms with Crippen LogP contribution in [0.3, 0.4) is 0 Å². The molecule has 1 atom stereocenters. The number of hydrogen-bond donors (Lipinski definition) is 1. The first kappa shape index (κ1) is 18.0. The Morgan fingerprint density at radius 3 is 2.05 bits per heavy atom. The second kappa shape index (κ2) is 5.94. The van der Waals surface area contributed by atoms with Crippen molar-refractivity contribution in [2.75, 3.05) is 0 Å². The Morgan fingerprint density at radius 2 is 1.68 bits per heavy atom. The summed E-state index contributed by atoms with van der Waals surface area (Å²) in [5, 5.41) is 9.27. The summed E-state index contributed by atoms with van der Waals surface area (Å²) >= 11 is 0. The molecule has 0 radical (unpaired) electrons. The molecule has 0 aromatic heterocycles. The second-order valence-corrected chi connectivity index (χ2v) is 5.55. The van der Waals surface area contributed by atoms with Crippen LogP contribution in [0.2, 0.25) is 0 Å². The third-order valence-corrected chi connectivity index (χ3v) is 2.77. The quantitative estimate of drug-likeness (QED) is 0.600. The van der Waals surface area contributed by atoms with Gasteiger partial charge in [0.2, 0.25) is 0 Å². The van der Waals surface area contributed by atoms with E-state index in [2.05, 4.69) is 6.58 Å². The Kier molecular flexibility index (Phi) is 5.62. The number of alkyl halides is 3. The van der Waals surface area contributed by atoms with Crippen molar-refractivity contribution in [1.82, 2.24) is 0 Å². The number of esters is 1. The lowest BCUT2D eigenvalue weighted by atomic mass is 9.93. The van der Waals surface area contributed by atoms with Gasteiger partial charge in [-0.2, -0.15) is 13.2 Å². The maximum Gasteiger partial charge on any atom is 0.416 e. The van der Waals surface area contributed by atoms with Gasteiger partial charge in [0.25, 0.3) is 0 Å². The topological polar surface area (TPSA) is 46.5 Å². The number of halogens is 3. The van der Waals surface area contributed by atoms with Crippen LogP contribution in [-0.4, -0.2) is 28.5 Å². The van der Waals surface area contributed by atoms with Crippen LogP contribution in [-0.2, 0) is 9.53 Å². The Bertz CT molecular complexity index is 344. The van der Waals surface area contributed by atoms with E-state index < -0.39 is 29.8 Å². The van der Waals surface area contributed by atoms with Gasteiger partial charge in [-0.3, -0.25) is 0 Å². The molecule has 3 nitrogen and oxygen atoms in total. The van der Waals surface area contributed by atoms with E-state index in [1.54, 1.807) is 13.8 Å². The molecule has 0 amide bonds. The van der Waals surface area contributed by atoms with Crippen LogP contribution >= 0.6 is 0 Å². The predicted molar refractivity (Wildman–Crippen MR) is 65.5 cm³/mol. The smallest absolute Gasteiger partial charge is 0.416 e. The molecule has 0 aromatic rings. The predicted octanol–water partition coefficient (Wildman–Crippen LogP) is 3.37. The van der Waals surface area contributed by atoms with Crippen molar-refractivity contribution in [1.29, 1.82) is 0 Å². The Balaban J connectivity index is 4.34. The molecule has 0 aliphatic carbocycles. The standard InChI is InChI=1S/C13H21F3O3/c1-9(2)10(17)19-11(3,4)7-6-8-12(5,18)13(14,15)16/h18H,1,6-8H2,2-5H3. The molecule has 0 spiro atoms. The third kappa shape index (κ3) is 6.09. The van der Waals surface area contributed by atoms with E-state index in [9.17, 15) is 23.1 Å². The first-order chi connectivity index (χ1) is 8.28. The van der Waals surface area contributed by atoms with Crippen molar-refractivity contribution < 1.29 is 27.8 Å². The van der Waals surface area contributed by atoms with E-state index in [4.69, 9.17) is 4.74 Å². The number of carbonyl (C=O) groups excluding carboxylic acids is 1. The zero-order valence-corrected chi connectivity index (χ0v) is 11.7. The van der Waals surface area contributed by atoms with E-state index in [1.807, 2.05) is 0 Å². The van der Waals surface area contributed by atoms with Crippen molar-refractivity contribution in [3.8, 4) is 0 Å². The summed E-state index contributed by atoms with van der Waals surface area (Å²) < 4.78 is 42.4. The monoisotopic (exact) mass is 282 g/mol. The molecule has 112 valence electrons. The van der Waals surface area contributed by atoms with Gasteiger partial charge < -0.3 is 9.84 Å². The maximum absolute atomic E-state index is 12.4. The highest BCUT2D eigenvalue weighted by atomic mass is 19.4. The van der Waals surface area contributed by atoms with Gasteiger partial charge in [0, 0.05) is 5.57 Å². The number of rotatable bonds is 6. The second-order valence-electron chi connectivity index (χ2n) is 5.55. The lowest BCUT2D eigenvalue weighted by molar-refractivity contribution is -0.255. The van der Waals surface area contributed by atoms with Crippen LogP contribution in [0, 0.1) is 0 Å². The highest BCUT2D eigenvalue weighted by molar-refractivity contribution is 5.87. The summed E-state index contributed by atoms with van der Waals surface area (Å²) in [7, 11) is 0. The van der Waals surface area contributed by atoms with Gasteiger partial charge >= 0.3 is 12.1 Å². The van der Waals surface area contributed by atoms with Crippen LogP contribution in [0.25, 0.3) is 0 Å². The number of ether oxygens (including phenoxy) is 1.